The number of ether oxygens (including phenoxy) is 1. The van der Waals surface area contributed by atoms with E-state index >= 15 is 0 Å². The number of rotatable bonds is 4. The molecular weight excluding hydrogens is 310 g/mol. The molecule has 6 nitrogen and oxygen atoms in total. The van der Waals surface area contributed by atoms with Crippen LogP contribution in [0.1, 0.15) is 17.1 Å². The van der Waals surface area contributed by atoms with Crippen LogP contribution in [0.15, 0.2) is 36.0 Å². The van der Waals surface area contributed by atoms with Crippen molar-refractivity contribution in [3.63, 3.8) is 0 Å². The van der Waals surface area contributed by atoms with Crippen molar-refractivity contribution < 1.29 is 4.74 Å². The summed E-state index contributed by atoms with van der Waals surface area (Å²) in [5, 5.41) is 20.9. The molecule has 23 heavy (non-hydrogen) atoms. The van der Waals surface area contributed by atoms with Crippen molar-refractivity contribution in [3.8, 4) is 28.5 Å². The molecule has 0 saturated carbocycles. The molecule has 0 aliphatic rings. The maximum atomic E-state index is 9.14. The number of methoxy groups -OCH3 is 1. The number of imidazole rings is 1. The van der Waals surface area contributed by atoms with Crippen LogP contribution in [0.5, 0.6) is 5.75 Å². The molecule has 0 aliphatic carbocycles. The molecule has 0 aliphatic heterocycles. The van der Waals surface area contributed by atoms with Crippen LogP contribution in [0, 0.1) is 22.7 Å². The van der Waals surface area contributed by atoms with Crippen molar-refractivity contribution in [1.82, 2.24) is 14.5 Å². The van der Waals surface area contributed by atoms with E-state index in [-0.39, 0.29) is 11.4 Å². The second-order valence-electron chi connectivity index (χ2n) is 4.67. The van der Waals surface area contributed by atoms with Crippen molar-refractivity contribution in [2.45, 2.75) is 6.54 Å². The summed E-state index contributed by atoms with van der Waals surface area (Å²) in [5.41, 5.74) is 2.18. The van der Waals surface area contributed by atoms with Gasteiger partial charge in [0.15, 0.2) is 11.4 Å². The van der Waals surface area contributed by atoms with E-state index in [1.165, 1.54) is 17.7 Å². The highest BCUT2D eigenvalue weighted by Crippen LogP contribution is 2.27. The molecule has 1 aromatic carbocycles. The van der Waals surface area contributed by atoms with E-state index in [9.17, 15) is 0 Å². The fraction of sp³-hybridized carbons (Fsp3) is 0.125. The zero-order valence-electron chi connectivity index (χ0n) is 12.2. The third kappa shape index (κ3) is 2.91. The largest absolute Gasteiger partial charge is 0.497 e. The summed E-state index contributed by atoms with van der Waals surface area (Å²) in [4.78, 5) is 8.51. The van der Waals surface area contributed by atoms with Crippen LogP contribution in [-0.2, 0) is 6.54 Å². The molecule has 0 radical (unpaired) electrons. The first-order valence-electron chi connectivity index (χ1n) is 6.69. The fourth-order valence-electron chi connectivity index (χ4n) is 2.14. The lowest BCUT2D eigenvalue weighted by molar-refractivity contribution is 0.415. The average Bonchev–Trinajstić information content (AvgIpc) is 3.21. The van der Waals surface area contributed by atoms with Crippen LogP contribution < -0.4 is 4.74 Å². The molecule has 0 fully saturated rings. The molecule has 3 aromatic rings. The predicted octanol–water partition coefficient (Wildman–Crippen LogP) is 2.81. The van der Waals surface area contributed by atoms with Crippen LogP contribution in [0.3, 0.4) is 0 Å². The maximum absolute atomic E-state index is 9.14. The third-order valence-electron chi connectivity index (χ3n) is 3.25. The molecule has 112 valence electrons. The minimum atomic E-state index is 0.135. The normalized spacial score (nSPS) is 10.0. The van der Waals surface area contributed by atoms with E-state index in [1.807, 2.05) is 41.8 Å². The molecule has 7 heteroatoms. The molecule has 0 bridgehead atoms. The Morgan fingerprint density at radius 3 is 2.91 bits per heavy atom. The Bertz CT molecular complexity index is 929. The molecule has 0 saturated heterocycles. The Hall–Kier alpha value is -3.16. The first kappa shape index (κ1) is 14.8. The molecule has 2 aromatic heterocycles. The lowest BCUT2D eigenvalue weighted by atomic mass is 10.2. The second kappa shape index (κ2) is 6.30. The third-order valence-corrected chi connectivity index (χ3v) is 4.19. The highest BCUT2D eigenvalue weighted by atomic mass is 32.1. The molecule has 0 N–H and O–H groups in total. The monoisotopic (exact) mass is 321 g/mol. The summed E-state index contributed by atoms with van der Waals surface area (Å²) >= 11 is 1.52. The molecule has 0 spiro atoms. The van der Waals surface area contributed by atoms with Crippen LogP contribution in [-0.4, -0.2) is 21.6 Å². The summed E-state index contributed by atoms with van der Waals surface area (Å²) < 4.78 is 6.85. The van der Waals surface area contributed by atoms with Gasteiger partial charge in [0.2, 0.25) is 0 Å². The van der Waals surface area contributed by atoms with E-state index in [0.717, 1.165) is 22.0 Å². The standard InChI is InChI=1S/C16H11N5OS/c1-22-13-4-2-3-11(5-13)16-20-12(9-23-16)8-21-10-19-14(6-17)15(21)7-18/h2-5,9-10H,8H2,1H3. The van der Waals surface area contributed by atoms with Gasteiger partial charge in [-0.2, -0.15) is 10.5 Å². The number of nitrogens with zero attached hydrogens (tertiary/aromatic N) is 5. The summed E-state index contributed by atoms with van der Waals surface area (Å²) in [7, 11) is 1.63. The predicted molar refractivity (Wildman–Crippen MR) is 84.9 cm³/mol. The SMILES string of the molecule is COc1cccc(-c2nc(Cn3cnc(C#N)c3C#N)cs2)c1. The quantitative estimate of drug-likeness (QED) is 0.737. The summed E-state index contributed by atoms with van der Waals surface area (Å²) in [5.74, 6) is 0.777. The zero-order chi connectivity index (χ0) is 16.2. The second-order valence-corrected chi connectivity index (χ2v) is 5.53. The van der Waals surface area contributed by atoms with E-state index in [2.05, 4.69) is 9.97 Å². The van der Waals surface area contributed by atoms with Gasteiger partial charge in [-0.15, -0.1) is 11.3 Å². The van der Waals surface area contributed by atoms with Gasteiger partial charge in [-0.05, 0) is 12.1 Å². The molecule has 0 atom stereocenters. The number of hydrogen-bond acceptors (Lipinski definition) is 6. The zero-order valence-corrected chi connectivity index (χ0v) is 13.0. The van der Waals surface area contributed by atoms with Gasteiger partial charge in [-0.1, -0.05) is 12.1 Å². The van der Waals surface area contributed by atoms with Gasteiger partial charge in [-0.25, -0.2) is 9.97 Å². The van der Waals surface area contributed by atoms with E-state index in [1.54, 1.807) is 11.7 Å². The number of thiazole rings is 1. The summed E-state index contributed by atoms with van der Waals surface area (Å²) in [6.45, 7) is 0.401. The van der Waals surface area contributed by atoms with Gasteiger partial charge < -0.3 is 9.30 Å². The topological polar surface area (TPSA) is 87.5 Å². The summed E-state index contributed by atoms with van der Waals surface area (Å²) in [6.07, 6.45) is 1.49. The molecule has 3 rings (SSSR count). The van der Waals surface area contributed by atoms with Crippen molar-refractivity contribution in [1.29, 1.82) is 10.5 Å². The van der Waals surface area contributed by atoms with Gasteiger partial charge in [-0.3, -0.25) is 0 Å². The maximum Gasteiger partial charge on any atom is 0.176 e. The van der Waals surface area contributed by atoms with Gasteiger partial charge in [0.25, 0.3) is 0 Å². The number of nitriles is 2. The van der Waals surface area contributed by atoms with Crippen LogP contribution >= 0.6 is 11.3 Å². The lowest BCUT2D eigenvalue weighted by Crippen LogP contribution is -2.01. The van der Waals surface area contributed by atoms with Gasteiger partial charge in [0.1, 0.15) is 22.9 Å². The Kier molecular flexibility index (Phi) is 4.05. The minimum Gasteiger partial charge on any atom is -0.497 e. The van der Waals surface area contributed by atoms with E-state index in [4.69, 9.17) is 15.3 Å². The fourth-order valence-corrected chi connectivity index (χ4v) is 2.95. The number of aromatic nitrogens is 3. The van der Waals surface area contributed by atoms with E-state index in [0.29, 0.717) is 6.54 Å². The van der Waals surface area contributed by atoms with Gasteiger partial charge >= 0.3 is 0 Å². The van der Waals surface area contributed by atoms with Crippen molar-refractivity contribution in [2.75, 3.05) is 7.11 Å². The first-order chi connectivity index (χ1) is 11.2. The van der Waals surface area contributed by atoms with Crippen LogP contribution in [0.2, 0.25) is 0 Å². The summed E-state index contributed by atoms with van der Waals surface area (Å²) in [6, 6.07) is 11.6. The Morgan fingerprint density at radius 1 is 1.30 bits per heavy atom. The van der Waals surface area contributed by atoms with E-state index < -0.39 is 0 Å². The highest BCUT2D eigenvalue weighted by Gasteiger charge is 2.12. The van der Waals surface area contributed by atoms with Gasteiger partial charge in [0, 0.05) is 10.9 Å². The highest BCUT2D eigenvalue weighted by molar-refractivity contribution is 7.13. The number of benzene rings is 1. The first-order valence-corrected chi connectivity index (χ1v) is 7.57. The van der Waals surface area contributed by atoms with Crippen LogP contribution in [0.25, 0.3) is 10.6 Å². The average molecular weight is 321 g/mol. The molecule has 0 amide bonds. The van der Waals surface area contributed by atoms with Crippen molar-refractivity contribution in [2.24, 2.45) is 0 Å². The van der Waals surface area contributed by atoms with Crippen molar-refractivity contribution in [3.05, 3.63) is 53.1 Å². The minimum absolute atomic E-state index is 0.135. The molecule has 2 heterocycles. The van der Waals surface area contributed by atoms with Gasteiger partial charge in [0.05, 0.1) is 25.7 Å². The number of hydrogen-bond donors (Lipinski definition) is 0. The Labute approximate surface area is 136 Å². The van der Waals surface area contributed by atoms with Crippen LogP contribution in [0.4, 0.5) is 0 Å². The lowest BCUT2D eigenvalue weighted by Gasteiger charge is -2.02. The molecule has 0 unspecified atom stereocenters. The van der Waals surface area contributed by atoms with Crippen molar-refractivity contribution >= 4 is 11.3 Å². The molecular formula is C16H11N5OS. The Balaban J connectivity index is 1.87. The Morgan fingerprint density at radius 2 is 2.17 bits per heavy atom. The smallest absolute Gasteiger partial charge is 0.176 e.